The molecule has 1 aromatic carbocycles. The summed E-state index contributed by atoms with van der Waals surface area (Å²) in [7, 11) is 1.80. The molecule has 1 aliphatic carbocycles. The molecule has 0 spiro atoms. The molecule has 11 nitrogen and oxygen atoms in total. The molecular formula is C25H28FN9O2. The van der Waals surface area contributed by atoms with Gasteiger partial charge in [-0.2, -0.15) is 15.1 Å². The van der Waals surface area contributed by atoms with E-state index < -0.39 is 11.7 Å². The van der Waals surface area contributed by atoms with Crippen molar-refractivity contribution in [1.82, 2.24) is 40.2 Å². The van der Waals surface area contributed by atoms with Gasteiger partial charge < -0.3 is 15.2 Å². The third-order valence-electron chi connectivity index (χ3n) is 6.16. The van der Waals surface area contributed by atoms with Crippen LogP contribution in [0.5, 0.6) is 0 Å². The number of carbonyl (C=O) groups excluding carboxylic acids is 1. The summed E-state index contributed by atoms with van der Waals surface area (Å²) in [6.45, 7) is 5.81. The number of halogens is 1. The zero-order valence-corrected chi connectivity index (χ0v) is 21.1. The first-order chi connectivity index (χ1) is 17.7. The van der Waals surface area contributed by atoms with Crippen LogP contribution in [0.25, 0.3) is 11.4 Å². The van der Waals surface area contributed by atoms with Crippen LogP contribution in [0.15, 0.2) is 35.4 Å². The normalized spacial score (nSPS) is 15.6. The van der Waals surface area contributed by atoms with Crippen LogP contribution in [0.1, 0.15) is 73.7 Å². The molecule has 0 saturated carbocycles. The van der Waals surface area contributed by atoms with E-state index in [9.17, 15) is 4.79 Å². The van der Waals surface area contributed by atoms with Crippen molar-refractivity contribution in [3.05, 3.63) is 59.5 Å². The summed E-state index contributed by atoms with van der Waals surface area (Å²) in [4.78, 5) is 29.9. The van der Waals surface area contributed by atoms with Crippen molar-refractivity contribution in [2.75, 3.05) is 5.32 Å². The molecule has 1 amide bonds. The topological polar surface area (TPSA) is 137 Å². The van der Waals surface area contributed by atoms with E-state index in [0.29, 0.717) is 17.9 Å². The van der Waals surface area contributed by atoms with Crippen LogP contribution in [0.2, 0.25) is 0 Å². The van der Waals surface area contributed by atoms with Gasteiger partial charge in [-0.15, -0.1) is 0 Å². The molecule has 0 fully saturated rings. The second-order valence-corrected chi connectivity index (χ2v) is 10.1. The zero-order chi connectivity index (χ0) is 26.2. The number of fused-ring (bicyclic) bond motifs is 1. The van der Waals surface area contributed by atoms with Gasteiger partial charge in [0.1, 0.15) is 12.1 Å². The van der Waals surface area contributed by atoms with Gasteiger partial charge in [-0.3, -0.25) is 9.48 Å². The Morgan fingerprint density at radius 2 is 2.03 bits per heavy atom. The Kier molecular flexibility index (Phi) is 6.40. The van der Waals surface area contributed by atoms with E-state index in [4.69, 9.17) is 4.52 Å². The predicted octanol–water partition coefficient (Wildman–Crippen LogP) is 4.03. The summed E-state index contributed by atoms with van der Waals surface area (Å²) in [5, 5.41) is 14.0. The van der Waals surface area contributed by atoms with Crippen molar-refractivity contribution in [3.8, 4) is 11.4 Å². The summed E-state index contributed by atoms with van der Waals surface area (Å²) in [6.07, 6.45) is 7.95. The minimum absolute atomic E-state index is 0.105. The maximum absolute atomic E-state index is 15.4. The van der Waals surface area contributed by atoms with Crippen LogP contribution in [0, 0.1) is 5.82 Å². The molecule has 0 aliphatic heterocycles. The van der Waals surface area contributed by atoms with Gasteiger partial charge in [0.05, 0.1) is 23.5 Å². The summed E-state index contributed by atoms with van der Waals surface area (Å²) in [5.74, 6) is -0.116. The Hall–Kier alpha value is -4.22. The van der Waals surface area contributed by atoms with E-state index >= 15 is 4.39 Å². The number of aromatic nitrogens is 7. The fourth-order valence-electron chi connectivity index (χ4n) is 4.26. The molecule has 0 saturated heterocycles. The van der Waals surface area contributed by atoms with Crippen LogP contribution >= 0.6 is 0 Å². The SMILES string of the molecule is Cn1cc(Nc2ncnc(-c3cc4c(cc3F)[C@@H](NC(=O)c3nc(C(C)(C)C)no3)CCCC4)n2)cn1. The highest BCUT2D eigenvalue weighted by atomic mass is 19.1. The number of hydrogen-bond acceptors (Lipinski definition) is 9. The second kappa shape index (κ2) is 9.68. The van der Waals surface area contributed by atoms with Gasteiger partial charge in [0.15, 0.2) is 11.6 Å². The average Bonchev–Trinajstić information content (AvgIpc) is 3.47. The number of aryl methyl sites for hydroxylation is 2. The summed E-state index contributed by atoms with van der Waals surface area (Å²) in [5.41, 5.74) is 2.29. The summed E-state index contributed by atoms with van der Waals surface area (Å²) in [6, 6.07) is 2.84. The van der Waals surface area contributed by atoms with E-state index in [-0.39, 0.29) is 34.7 Å². The first-order valence-electron chi connectivity index (χ1n) is 12.1. The monoisotopic (exact) mass is 505 g/mol. The van der Waals surface area contributed by atoms with Gasteiger partial charge >= 0.3 is 11.8 Å². The third kappa shape index (κ3) is 5.32. The smallest absolute Gasteiger partial charge is 0.315 e. The quantitative estimate of drug-likeness (QED) is 0.385. The van der Waals surface area contributed by atoms with E-state index in [0.717, 1.165) is 30.4 Å². The number of benzene rings is 1. The molecule has 0 bridgehead atoms. The third-order valence-corrected chi connectivity index (χ3v) is 6.16. The molecule has 0 radical (unpaired) electrons. The van der Waals surface area contributed by atoms with Gasteiger partial charge in [-0.1, -0.05) is 32.3 Å². The van der Waals surface area contributed by atoms with E-state index in [1.807, 2.05) is 20.8 Å². The van der Waals surface area contributed by atoms with Crippen molar-refractivity contribution in [2.45, 2.75) is 57.9 Å². The first-order valence-corrected chi connectivity index (χ1v) is 12.1. The van der Waals surface area contributed by atoms with Gasteiger partial charge in [0.2, 0.25) is 5.95 Å². The molecule has 3 heterocycles. The van der Waals surface area contributed by atoms with Crippen molar-refractivity contribution in [3.63, 3.8) is 0 Å². The summed E-state index contributed by atoms with van der Waals surface area (Å²) < 4.78 is 22.3. The molecular weight excluding hydrogens is 477 g/mol. The molecule has 0 unspecified atom stereocenters. The molecule has 192 valence electrons. The van der Waals surface area contributed by atoms with Crippen LogP contribution in [-0.4, -0.2) is 40.8 Å². The average molecular weight is 506 g/mol. The minimum Gasteiger partial charge on any atom is -0.341 e. The molecule has 1 aliphatic rings. The lowest BCUT2D eigenvalue weighted by atomic mass is 9.95. The highest BCUT2D eigenvalue weighted by Gasteiger charge is 2.28. The number of nitrogens with zero attached hydrogens (tertiary/aromatic N) is 7. The lowest BCUT2D eigenvalue weighted by Crippen LogP contribution is -2.29. The van der Waals surface area contributed by atoms with Gasteiger partial charge in [0, 0.05) is 18.7 Å². The predicted molar refractivity (Wildman–Crippen MR) is 132 cm³/mol. The van der Waals surface area contributed by atoms with Gasteiger partial charge in [0.25, 0.3) is 0 Å². The van der Waals surface area contributed by atoms with Gasteiger partial charge in [-0.05, 0) is 42.5 Å². The second-order valence-electron chi connectivity index (χ2n) is 10.1. The highest BCUT2D eigenvalue weighted by Crippen LogP contribution is 2.33. The molecule has 1 atom stereocenters. The molecule has 5 rings (SSSR count). The van der Waals surface area contributed by atoms with Crippen molar-refractivity contribution in [1.29, 1.82) is 0 Å². The molecule has 4 aromatic rings. The molecule has 12 heteroatoms. The molecule has 3 aromatic heterocycles. The molecule has 2 N–H and O–H groups in total. The standard InChI is InChI=1S/C25H28FN9O2/c1-25(2,3)23-33-22(37-34-23)21(36)31-19-8-6-5-7-14-9-17(18(26)10-16(14)19)20-27-13-28-24(32-20)30-15-11-29-35(4)12-15/h9-13,19H,5-8H2,1-4H3,(H,31,36)(H,27,28,30,32)/t19-/m0/s1. The van der Waals surface area contributed by atoms with Crippen LogP contribution < -0.4 is 10.6 Å². The Bertz CT molecular complexity index is 1440. The van der Waals surface area contributed by atoms with Crippen LogP contribution in [0.3, 0.4) is 0 Å². The zero-order valence-electron chi connectivity index (χ0n) is 21.1. The lowest BCUT2D eigenvalue weighted by Gasteiger charge is -2.19. The lowest BCUT2D eigenvalue weighted by molar-refractivity contribution is 0.0890. The maximum atomic E-state index is 15.4. The minimum atomic E-state index is -0.480. The first kappa shape index (κ1) is 24.5. The number of rotatable bonds is 5. The highest BCUT2D eigenvalue weighted by molar-refractivity contribution is 5.89. The Morgan fingerprint density at radius 3 is 2.76 bits per heavy atom. The summed E-state index contributed by atoms with van der Waals surface area (Å²) >= 11 is 0. The van der Waals surface area contributed by atoms with Crippen LogP contribution in [0.4, 0.5) is 16.0 Å². The number of amides is 1. The fourth-order valence-corrected chi connectivity index (χ4v) is 4.26. The Balaban J connectivity index is 1.40. The molecule has 37 heavy (non-hydrogen) atoms. The van der Waals surface area contributed by atoms with E-state index in [2.05, 4.69) is 40.8 Å². The fraction of sp³-hybridized carbons (Fsp3) is 0.400. The Labute approximate surface area is 212 Å². The Morgan fingerprint density at radius 1 is 1.19 bits per heavy atom. The number of anilines is 2. The largest absolute Gasteiger partial charge is 0.341 e. The number of carbonyl (C=O) groups is 1. The van der Waals surface area contributed by atoms with Crippen molar-refractivity contribution < 1.29 is 13.7 Å². The maximum Gasteiger partial charge on any atom is 0.315 e. The van der Waals surface area contributed by atoms with Crippen molar-refractivity contribution in [2.24, 2.45) is 7.05 Å². The van der Waals surface area contributed by atoms with Gasteiger partial charge in [-0.25, -0.2) is 14.4 Å². The van der Waals surface area contributed by atoms with Crippen LogP contribution in [-0.2, 0) is 18.9 Å². The van der Waals surface area contributed by atoms with Crippen molar-refractivity contribution >= 4 is 17.5 Å². The number of nitrogens with one attached hydrogen (secondary N) is 2. The van der Waals surface area contributed by atoms with E-state index in [1.165, 1.54) is 12.4 Å². The van der Waals surface area contributed by atoms with E-state index in [1.54, 1.807) is 30.2 Å². The number of hydrogen-bond donors (Lipinski definition) is 2.